The fourth-order valence-corrected chi connectivity index (χ4v) is 3.37. The van der Waals surface area contributed by atoms with Crippen molar-refractivity contribution in [3.63, 3.8) is 0 Å². The predicted octanol–water partition coefficient (Wildman–Crippen LogP) is 3.91. The number of hydrogen-bond donors (Lipinski definition) is 1. The maximum absolute atomic E-state index is 13.8. The third kappa shape index (κ3) is 1.86. The topological polar surface area (TPSA) is 26.0 Å². The molecule has 2 fully saturated rings. The van der Waals surface area contributed by atoms with Crippen molar-refractivity contribution in [2.45, 2.75) is 24.8 Å². The summed E-state index contributed by atoms with van der Waals surface area (Å²) in [5, 5.41) is -0.596. The van der Waals surface area contributed by atoms with Gasteiger partial charge in [-0.05, 0) is 24.8 Å². The summed E-state index contributed by atoms with van der Waals surface area (Å²) < 4.78 is 53.1. The highest BCUT2D eigenvalue weighted by Gasteiger charge is 2.71. The van der Waals surface area contributed by atoms with E-state index in [2.05, 4.69) is 0 Å². The second kappa shape index (κ2) is 4.09. The predicted molar refractivity (Wildman–Crippen MR) is 62.9 cm³/mol. The highest BCUT2D eigenvalue weighted by molar-refractivity contribution is 6.30. The van der Waals surface area contributed by atoms with Gasteiger partial charge in [0.25, 0.3) is 5.92 Å². The fourth-order valence-electron chi connectivity index (χ4n) is 3.20. The van der Waals surface area contributed by atoms with E-state index >= 15 is 0 Å². The molecule has 19 heavy (non-hydrogen) atoms. The van der Waals surface area contributed by atoms with Crippen molar-refractivity contribution < 1.29 is 17.6 Å². The average Bonchev–Trinajstić information content (AvgIpc) is 2.77. The molecule has 1 aromatic rings. The summed E-state index contributed by atoms with van der Waals surface area (Å²) in [7, 11) is 0. The van der Waals surface area contributed by atoms with Crippen LogP contribution in [0, 0.1) is 29.4 Å². The first-order chi connectivity index (χ1) is 8.84. The Morgan fingerprint density at radius 1 is 1.21 bits per heavy atom. The van der Waals surface area contributed by atoms with Gasteiger partial charge in [0.2, 0.25) is 0 Å². The van der Waals surface area contributed by atoms with E-state index in [1.165, 1.54) is 6.07 Å². The summed E-state index contributed by atoms with van der Waals surface area (Å²) in [6.45, 7) is 0. The molecule has 1 nitrogen and oxygen atoms in total. The summed E-state index contributed by atoms with van der Waals surface area (Å²) in [5.74, 6) is -5.76. The molecule has 3 rings (SSSR count). The van der Waals surface area contributed by atoms with Crippen molar-refractivity contribution in [3.05, 3.63) is 34.4 Å². The summed E-state index contributed by atoms with van der Waals surface area (Å²) in [6, 6.07) is 1.57. The standard InChI is InChI=1S/C13H12ClF4N/c14-10-9(15)2-1-6(11(10)16)12(19)5-3-7-8(4-5)13(7,17)18/h1-2,5,7-8,12H,3-4,19H2. The Hall–Kier alpha value is -0.810. The van der Waals surface area contributed by atoms with E-state index in [0.29, 0.717) is 0 Å². The van der Waals surface area contributed by atoms with Crippen molar-refractivity contribution >= 4 is 11.6 Å². The zero-order valence-corrected chi connectivity index (χ0v) is 10.6. The minimum absolute atomic E-state index is 0.0982. The van der Waals surface area contributed by atoms with Crippen LogP contribution in [0.5, 0.6) is 0 Å². The Balaban J connectivity index is 1.79. The minimum Gasteiger partial charge on any atom is -0.324 e. The molecule has 6 heteroatoms. The van der Waals surface area contributed by atoms with Crippen LogP contribution in [0.15, 0.2) is 12.1 Å². The van der Waals surface area contributed by atoms with Gasteiger partial charge in [0.1, 0.15) is 16.7 Å². The van der Waals surface area contributed by atoms with Crippen LogP contribution in [0.4, 0.5) is 17.6 Å². The zero-order valence-electron chi connectivity index (χ0n) is 9.85. The van der Waals surface area contributed by atoms with Crippen molar-refractivity contribution in [2.24, 2.45) is 23.5 Å². The van der Waals surface area contributed by atoms with Crippen LogP contribution < -0.4 is 5.73 Å². The molecule has 0 saturated heterocycles. The first-order valence-corrected chi connectivity index (χ1v) is 6.48. The highest BCUT2D eigenvalue weighted by Crippen LogP contribution is 2.67. The minimum atomic E-state index is -2.57. The zero-order chi connectivity index (χ0) is 13.9. The molecular weight excluding hydrogens is 282 g/mol. The van der Waals surface area contributed by atoms with Crippen molar-refractivity contribution in [3.8, 4) is 0 Å². The third-order valence-corrected chi connectivity index (χ3v) is 4.76. The van der Waals surface area contributed by atoms with E-state index in [1.54, 1.807) is 0 Å². The SMILES string of the molecule is NC(c1ccc(F)c(Cl)c1F)C1CC2C(C1)C2(F)F. The maximum Gasteiger partial charge on any atom is 0.254 e. The second-order valence-electron chi connectivity index (χ2n) is 5.41. The smallest absolute Gasteiger partial charge is 0.254 e. The van der Waals surface area contributed by atoms with Gasteiger partial charge in [-0.1, -0.05) is 17.7 Å². The Morgan fingerprint density at radius 2 is 1.79 bits per heavy atom. The summed E-state index contributed by atoms with van der Waals surface area (Å²) >= 11 is 5.49. The molecule has 0 aromatic heterocycles. The van der Waals surface area contributed by atoms with E-state index in [0.717, 1.165) is 6.07 Å². The van der Waals surface area contributed by atoms with E-state index in [4.69, 9.17) is 17.3 Å². The molecule has 0 amide bonds. The van der Waals surface area contributed by atoms with Crippen molar-refractivity contribution in [2.75, 3.05) is 0 Å². The first kappa shape index (κ1) is 13.2. The van der Waals surface area contributed by atoms with Crippen LogP contribution in [-0.2, 0) is 0 Å². The fraction of sp³-hybridized carbons (Fsp3) is 0.538. The molecule has 3 atom stereocenters. The van der Waals surface area contributed by atoms with E-state index in [-0.39, 0.29) is 24.3 Å². The lowest BCUT2D eigenvalue weighted by Gasteiger charge is -2.23. The molecule has 0 heterocycles. The lowest BCUT2D eigenvalue weighted by molar-refractivity contribution is 0.0611. The first-order valence-electron chi connectivity index (χ1n) is 6.10. The third-order valence-electron chi connectivity index (χ3n) is 4.41. The number of fused-ring (bicyclic) bond motifs is 1. The normalized spacial score (nSPS) is 33.1. The average molecular weight is 294 g/mol. The van der Waals surface area contributed by atoms with Gasteiger partial charge in [0.15, 0.2) is 0 Å². The van der Waals surface area contributed by atoms with E-state index < -0.39 is 40.5 Å². The van der Waals surface area contributed by atoms with E-state index in [9.17, 15) is 17.6 Å². The van der Waals surface area contributed by atoms with Gasteiger partial charge < -0.3 is 5.73 Å². The van der Waals surface area contributed by atoms with Gasteiger partial charge in [-0.2, -0.15) is 0 Å². The highest BCUT2D eigenvalue weighted by atomic mass is 35.5. The molecule has 0 bridgehead atoms. The van der Waals surface area contributed by atoms with Crippen LogP contribution >= 0.6 is 11.6 Å². The number of halogens is 5. The number of rotatable bonds is 2. The number of hydrogen-bond acceptors (Lipinski definition) is 1. The molecule has 2 N–H and O–H groups in total. The van der Waals surface area contributed by atoms with Crippen LogP contribution in [-0.4, -0.2) is 5.92 Å². The molecular formula is C13H12ClF4N. The van der Waals surface area contributed by atoms with Gasteiger partial charge in [-0.25, -0.2) is 17.6 Å². The molecule has 1 aromatic carbocycles. The molecule has 0 radical (unpaired) electrons. The molecule has 0 aliphatic heterocycles. The van der Waals surface area contributed by atoms with Crippen LogP contribution in [0.25, 0.3) is 0 Å². The Bertz CT molecular complexity index is 520. The second-order valence-corrected chi connectivity index (χ2v) is 5.79. The lowest BCUT2D eigenvalue weighted by atomic mass is 9.89. The summed E-state index contributed by atoms with van der Waals surface area (Å²) in [6.07, 6.45) is 0.570. The van der Waals surface area contributed by atoms with Crippen LogP contribution in [0.2, 0.25) is 5.02 Å². The van der Waals surface area contributed by atoms with Gasteiger partial charge in [0, 0.05) is 23.4 Å². The molecule has 2 saturated carbocycles. The molecule has 3 unspecified atom stereocenters. The lowest BCUT2D eigenvalue weighted by Crippen LogP contribution is -2.24. The quantitative estimate of drug-likeness (QED) is 0.649. The Kier molecular flexibility index (Phi) is 2.84. The molecule has 104 valence electrons. The van der Waals surface area contributed by atoms with Gasteiger partial charge in [-0.3, -0.25) is 0 Å². The number of alkyl halides is 2. The van der Waals surface area contributed by atoms with Crippen molar-refractivity contribution in [1.82, 2.24) is 0 Å². The van der Waals surface area contributed by atoms with Gasteiger partial charge >= 0.3 is 0 Å². The van der Waals surface area contributed by atoms with Crippen LogP contribution in [0.1, 0.15) is 24.4 Å². The van der Waals surface area contributed by atoms with Crippen LogP contribution in [0.3, 0.4) is 0 Å². The maximum atomic E-state index is 13.8. The van der Waals surface area contributed by atoms with Gasteiger partial charge in [-0.15, -0.1) is 0 Å². The largest absolute Gasteiger partial charge is 0.324 e. The summed E-state index contributed by atoms with van der Waals surface area (Å²) in [5.41, 5.74) is 6.02. The number of nitrogens with two attached hydrogens (primary N) is 1. The molecule has 2 aliphatic rings. The Labute approximate surface area is 112 Å². The summed E-state index contributed by atoms with van der Waals surface area (Å²) in [4.78, 5) is 0. The van der Waals surface area contributed by atoms with E-state index in [1.807, 2.05) is 0 Å². The van der Waals surface area contributed by atoms with Crippen molar-refractivity contribution in [1.29, 1.82) is 0 Å². The number of benzene rings is 1. The van der Waals surface area contributed by atoms with Gasteiger partial charge in [0.05, 0.1) is 0 Å². The monoisotopic (exact) mass is 293 g/mol. The molecule has 2 aliphatic carbocycles. The molecule has 0 spiro atoms. The Morgan fingerprint density at radius 3 is 2.37 bits per heavy atom.